The first-order valence-corrected chi connectivity index (χ1v) is 8.39. The van der Waals surface area contributed by atoms with Gasteiger partial charge in [0.1, 0.15) is 5.82 Å². The molecule has 1 saturated carbocycles. The first kappa shape index (κ1) is 17.1. The lowest BCUT2D eigenvalue weighted by Crippen LogP contribution is -2.29. The molecule has 3 rings (SSSR count). The van der Waals surface area contributed by atoms with Gasteiger partial charge in [-0.2, -0.15) is 0 Å². The lowest BCUT2D eigenvalue weighted by molar-refractivity contribution is -0.117. The fraction of sp³-hybridized carbons (Fsp3) is 0.300. The van der Waals surface area contributed by atoms with Crippen LogP contribution in [-0.2, 0) is 4.79 Å². The Balaban J connectivity index is 1.72. The number of hydrogen-bond acceptors (Lipinski definition) is 2. The molecule has 1 aliphatic carbocycles. The summed E-state index contributed by atoms with van der Waals surface area (Å²) in [6, 6.07) is 12.9. The molecule has 1 aliphatic rings. The standard InChI is InChI=1S/C20H21FN2O2/c1-13(14-8-10-17(21)11-9-14)23(2)20(25)16-4-3-5-18(12-16)22-19(24)15-6-7-15/h3-5,8-13,15H,6-7H2,1-2H3,(H,22,24). The first-order valence-electron chi connectivity index (χ1n) is 8.39. The van der Waals surface area contributed by atoms with Gasteiger partial charge in [-0.25, -0.2) is 4.39 Å². The predicted molar refractivity (Wildman–Crippen MR) is 94.7 cm³/mol. The molecule has 1 N–H and O–H groups in total. The second-order valence-corrected chi connectivity index (χ2v) is 6.49. The van der Waals surface area contributed by atoms with Crippen LogP contribution in [0.5, 0.6) is 0 Å². The van der Waals surface area contributed by atoms with Crippen molar-refractivity contribution in [1.29, 1.82) is 0 Å². The highest BCUT2D eigenvalue weighted by atomic mass is 19.1. The van der Waals surface area contributed by atoms with E-state index in [-0.39, 0.29) is 29.6 Å². The molecule has 1 unspecified atom stereocenters. The SMILES string of the molecule is CC(c1ccc(F)cc1)N(C)C(=O)c1cccc(NC(=O)C2CC2)c1. The van der Waals surface area contributed by atoms with E-state index in [1.54, 1.807) is 48.3 Å². The van der Waals surface area contributed by atoms with Crippen LogP contribution in [0, 0.1) is 11.7 Å². The normalized spacial score (nSPS) is 14.7. The second kappa shape index (κ2) is 7.05. The van der Waals surface area contributed by atoms with Crippen LogP contribution in [0.3, 0.4) is 0 Å². The zero-order valence-electron chi connectivity index (χ0n) is 14.3. The number of nitrogens with zero attached hydrogens (tertiary/aromatic N) is 1. The van der Waals surface area contributed by atoms with E-state index in [0.29, 0.717) is 11.3 Å². The number of anilines is 1. The average molecular weight is 340 g/mol. The average Bonchev–Trinajstić information content (AvgIpc) is 3.46. The number of hydrogen-bond donors (Lipinski definition) is 1. The van der Waals surface area contributed by atoms with E-state index in [2.05, 4.69) is 5.32 Å². The predicted octanol–water partition coefficient (Wildman–Crippen LogP) is 4.01. The molecule has 1 fully saturated rings. The summed E-state index contributed by atoms with van der Waals surface area (Å²) in [7, 11) is 1.71. The highest BCUT2D eigenvalue weighted by Crippen LogP contribution is 2.30. The maximum atomic E-state index is 13.1. The fourth-order valence-electron chi connectivity index (χ4n) is 2.66. The van der Waals surface area contributed by atoms with Crippen molar-refractivity contribution < 1.29 is 14.0 Å². The third kappa shape index (κ3) is 4.05. The van der Waals surface area contributed by atoms with Crippen molar-refractivity contribution in [3.8, 4) is 0 Å². The Kier molecular flexibility index (Phi) is 4.83. The van der Waals surface area contributed by atoms with Gasteiger partial charge in [0, 0.05) is 24.2 Å². The summed E-state index contributed by atoms with van der Waals surface area (Å²) in [4.78, 5) is 26.2. The molecule has 130 valence electrons. The summed E-state index contributed by atoms with van der Waals surface area (Å²) >= 11 is 0. The smallest absolute Gasteiger partial charge is 0.254 e. The molecule has 1 atom stereocenters. The van der Waals surface area contributed by atoms with Gasteiger partial charge < -0.3 is 10.2 Å². The van der Waals surface area contributed by atoms with Crippen LogP contribution in [0.4, 0.5) is 10.1 Å². The molecule has 0 spiro atoms. The van der Waals surface area contributed by atoms with E-state index in [1.807, 2.05) is 6.92 Å². The Hall–Kier alpha value is -2.69. The van der Waals surface area contributed by atoms with Crippen LogP contribution in [0.2, 0.25) is 0 Å². The molecule has 0 saturated heterocycles. The van der Waals surface area contributed by atoms with Crippen molar-refractivity contribution in [2.45, 2.75) is 25.8 Å². The third-order valence-electron chi connectivity index (χ3n) is 4.58. The molecule has 2 aromatic rings. The maximum absolute atomic E-state index is 13.1. The van der Waals surface area contributed by atoms with Gasteiger partial charge >= 0.3 is 0 Å². The van der Waals surface area contributed by atoms with Gasteiger partial charge in [0.15, 0.2) is 0 Å². The topological polar surface area (TPSA) is 49.4 Å². The first-order chi connectivity index (χ1) is 12.0. The Bertz CT molecular complexity index is 785. The number of nitrogens with one attached hydrogen (secondary N) is 1. The fourth-order valence-corrected chi connectivity index (χ4v) is 2.66. The van der Waals surface area contributed by atoms with E-state index < -0.39 is 0 Å². The molecule has 0 aromatic heterocycles. The summed E-state index contributed by atoms with van der Waals surface area (Å²) in [5, 5.41) is 2.85. The Morgan fingerprint density at radius 2 is 1.84 bits per heavy atom. The largest absolute Gasteiger partial charge is 0.335 e. The van der Waals surface area contributed by atoms with Crippen molar-refractivity contribution in [3.05, 3.63) is 65.5 Å². The minimum atomic E-state index is -0.302. The number of carbonyl (C=O) groups is 2. The molecule has 0 radical (unpaired) electrons. The van der Waals surface area contributed by atoms with E-state index in [1.165, 1.54) is 12.1 Å². The zero-order valence-corrected chi connectivity index (χ0v) is 14.3. The molecule has 0 bridgehead atoms. The maximum Gasteiger partial charge on any atom is 0.254 e. The van der Waals surface area contributed by atoms with Gasteiger partial charge in [0.2, 0.25) is 5.91 Å². The van der Waals surface area contributed by atoms with Crippen molar-refractivity contribution in [2.24, 2.45) is 5.92 Å². The number of halogens is 1. The van der Waals surface area contributed by atoms with Crippen LogP contribution in [0.1, 0.15) is 41.7 Å². The highest BCUT2D eigenvalue weighted by Gasteiger charge is 2.29. The highest BCUT2D eigenvalue weighted by molar-refractivity contribution is 5.98. The molecule has 25 heavy (non-hydrogen) atoms. The van der Waals surface area contributed by atoms with Gasteiger partial charge in [-0.3, -0.25) is 9.59 Å². The Morgan fingerprint density at radius 1 is 1.16 bits per heavy atom. The quantitative estimate of drug-likeness (QED) is 0.894. The van der Waals surface area contributed by atoms with Gasteiger partial charge in [0.25, 0.3) is 5.91 Å². The summed E-state index contributed by atoms with van der Waals surface area (Å²) in [6.07, 6.45) is 1.87. The van der Waals surface area contributed by atoms with Crippen molar-refractivity contribution in [1.82, 2.24) is 4.90 Å². The van der Waals surface area contributed by atoms with Crippen LogP contribution in [0.15, 0.2) is 48.5 Å². The van der Waals surface area contributed by atoms with E-state index >= 15 is 0 Å². The number of rotatable bonds is 5. The van der Waals surface area contributed by atoms with Crippen molar-refractivity contribution in [2.75, 3.05) is 12.4 Å². The van der Waals surface area contributed by atoms with E-state index in [0.717, 1.165) is 18.4 Å². The summed E-state index contributed by atoms with van der Waals surface area (Å²) in [5.74, 6) is -0.332. The second-order valence-electron chi connectivity index (χ2n) is 6.49. The van der Waals surface area contributed by atoms with E-state index in [4.69, 9.17) is 0 Å². The zero-order chi connectivity index (χ0) is 18.0. The lowest BCUT2D eigenvalue weighted by atomic mass is 10.1. The minimum Gasteiger partial charge on any atom is -0.335 e. The minimum absolute atomic E-state index is 0.0117. The lowest BCUT2D eigenvalue weighted by Gasteiger charge is -2.25. The van der Waals surface area contributed by atoms with Gasteiger partial charge in [-0.1, -0.05) is 18.2 Å². The molecule has 0 aliphatic heterocycles. The molecule has 5 heteroatoms. The molecule has 0 heterocycles. The summed E-state index contributed by atoms with van der Waals surface area (Å²) in [5.41, 5.74) is 1.99. The van der Waals surface area contributed by atoms with Crippen LogP contribution in [-0.4, -0.2) is 23.8 Å². The van der Waals surface area contributed by atoms with Crippen LogP contribution < -0.4 is 5.32 Å². The molecular formula is C20H21FN2O2. The number of benzene rings is 2. The van der Waals surface area contributed by atoms with Crippen LogP contribution >= 0.6 is 0 Å². The van der Waals surface area contributed by atoms with Gasteiger partial charge in [0.05, 0.1) is 6.04 Å². The molecule has 2 amide bonds. The van der Waals surface area contributed by atoms with Gasteiger partial charge in [-0.15, -0.1) is 0 Å². The van der Waals surface area contributed by atoms with E-state index in [9.17, 15) is 14.0 Å². The summed E-state index contributed by atoms with van der Waals surface area (Å²) < 4.78 is 13.1. The monoisotopic (exact) mass is 340 g/mol. The molecule has 2 aromatic carbocycles. The number of carbonyl (C=O) groups excluding carboxylic acids is 2. The molecule has 4 nitrogen and oxygen atoms in total. The van der Waals surface area contributed by atoms with Crippen molar-refractivity contribution in [3.63, 3.8) is 0 Å². The number of amides is 2. The third-order valence-corrected chi connectivity index (χ3v) is 4.58. The molecular weight excluding hydrogens is 319 g/mol. The Labute approximate surface area is 146 Å². The van der Waals surface area contributed by atoms with Gasteiger partial charge in [-0.05, 0) is 55.7 Å². The summed E-state index contributed by atoms with van der Waals surface area (Å²) in [6.45, 7) is 1.89. The van der Waals surface area contributed by atoms with Crippen LogP contribution in [0.25, 0.3) is 0 Å². The van der Waals surface area contributed by atoms with Crippen molar-refractivity contribution >= 4 is 17.5 Å². The Morgan fingerprint density at radius 3 is 2.48 bits per heavy atom.